The number of hydrogen-bond acceptors (Lipinski definition) is 4. The maximum atomic E-state index is 10.5. The Labute approximate surface area is 149 Å². The Balaban J connectivity index is 1.44. The average molecular weight is 340 g/mol. The summed E-state index contributed by atoms with van der Waals surface area (Å²) in [4.78, 5) is 2.39. The van der Waals surface area contributed by atoms with Crippen molar-refractivity contribution in [1.82, 2.24) is 19.7 Å². The summed E-state index contributed by atoms with van der Waals surface area (Å²) < 4.78 is 2.38. The fraction of sp³-hybridized carbons (Fsp3) is 0.600. The zero-order chi connectivity index (χ0) is 17.1. The second-order valence-corrected chi connectivity index (χ2v) is 7.46. The van der Waals surface area contributed by atoms with Crippen LogP contribution in [-0.4, -0.2) is 44.4 Å². The molecule has 0 amide bonds. The Kier molecular flexibility index (Phi) is 5.13. The van der Waals surface area contributed by atoms with Gasteiger partial charge >= 0.3 is 0 Å². The molecule has 0 spiro atoms. The lowest BCUT2D eigenvalue weighted by Gasteiger charge is -2.33. The van der Waals surface area contributed by atoms with Crippen molar-refractivity contribution in [2.24, 2.45) is 0 Å². The molecular weight excluding hydrogens is 312 g/mol. The molecule has 2 aromatic rings. The van der Waals surface area contributed by atoms with Crippen molar-refractivity contribution >= 4 is 0 Å². The van der Waals surface area contributed by atoms with Crippen LogP contribution in [0, 0.1) is 0 Å². The van der Waals surface area contributed by atoms with E-state index in [4.69, 9.17) is 0 Å². The number of nitrogens with zero attached hydrogens (tertiary/aromatic N) is 4. The first-order valence-corrected chi connectivity index (χ1v) is 9.68. The molecule has 0 bridgehead atoms. The van der Waals surface area contributed by atoms with Crippen molar-refractivity contribution in [2.75, 3.05) is 19.6 Å². The third-order valence-corrected chi connectivity index (χ3v) is 5.62. The van der Waals surface area contributed by atoms with E-state index in [-0.39, 0.29) is 0 Å². The molecule has 0 saturated carbocycles. The molecule has 5 nitrogen and oxygen atoms in total. The summed E-state index contributed by atoms with van der Waals surface area (Å²) in [5, 5.41) is 19.6. The minimum Gasteiger partial charge on any atom is -0.387 e. The highest BCUT2D eigenvalue weighted by Gasteiger charge is 2.28. The van der Waals surface area contributed by atoms with Crippen LogP contribution in [0.4, 0.5) is 0 Å². The van der Waals surface area contributed by atoms with Gasteiger partial charge in [-0.3, -0.25) is 4.90 Å². The first kappa shape index (κ1) is 16.7. The minimum atomic E-state index is -0.421. The van der Waals surface area contributed by atoms with E-state index in [0.29, 0.717) is 12.5 Å². The summed E-state index contributed by atoms with van der Waals surface area (Å²) >= 11 is 0. The number of aryl methyl sites for hydroxylation is 1. The largest absolute Gasteiger partial charge is 0.387 e. The molecule has 1 saturated heterocycles. The maximum absolute atomic E-state index is 10.5. The van der Waals surface area contributed by atoms with E-state index in [1.54, 1.807) is 0 Å². The lowest BCUT2D eigenvalue weighted by Crippen LogP contribution is -2.38. The molecule has 4 rings (SSSR count). The quantitative estimate of drug-likeness (QED) is 0.930. The highest BCUT2D eigenvalue weighted by molar-refractivity contribution is 5.17. The van der Waals surface area contributed by atoms with Crippen LogP contribution in [0.25, 0.3) is 0 Å². The van der Waals surface area contributed by atoms with Crippen molar-refractivity contribution in [3.8, 4) is 0 Å². The molecule has 2 atom stereocenters. The molecule has 2 aliphatic heterocycles. The second kappa shape index (κ2) is 7.67. The van der Waals surface area contributed by atoms with Gasteiger partial charge in [0.2, 0.25) is 0 Å². The van der Waals surface area contributed by atoms with Gasteiger partial charge in [0.25, 0.3) is 0 Å². The smallest absolute Gasteiger partial charge is 0.137 e. The van der Waals surface area contributed by atoms with E-state index in [1.807, 2.05) is 30.3 Å². The fourth-order valence-electron chi connectivity index (χ4n) is 4.27. The molecule has 25 heavy (non-hydrogen) atoms. The number of β-amino-alcohol motifs (C(OH)–C–C–N with tert-alkyl or cyclic N) is 1. The van der Waals surface area contributed by atoms with Gasteiger partial charge in [-0.25, -0.2) is 0 Å². The number of aliphatic hydroxyl groups excluding tert-OH is 1. The van der Waals surface area contributed by atoms with E-state index in [2.05, 4.69) is 19.7 Å². The van der Waals surface area contributed by atoms with Gasteiger partial charge in [-0.05, 0) is 37.8 Å². The van der Waals surface area contributed by atoms with Gasteiger partial charge in [0.15, 0.2) is 0 Å². The minimum absolute atomic E-state index is 0.421. The van der Waals surface area contributed by atoms with E-state index < -0.39 is 6.10 Å². The van der Waals surface area contributed by atoms with Crippen LogP contribution in [0.1, 0.15) is 61.3 Å². The number of piperidine rings is 1. The summed E-state index contributed by atoms with van der Waals surface area (Å²) in [6.45, 7) is 3.80. The number of aromatic nitrogens is 3. The summed E-state index contributed by atoms with van der Waals surface area (Å²) in [7, 11) is 0. The van der Waals surface area contributed by atoms with E-state index in [1.165, 1.54) is 37.3 Å². The summed E-state index contributed by atoms with van der Waals surface area (Å²) in [5.41, 5.74) is 1.00. The Morgan fingerprint density at radius 3 is 2.80 bits per heavy atom. The van der Waals surface area contributed by atoms with Crippen LogP contribution < -0.4 is 0 Å². The van der Waals surface area contributed by atoms with Crippen molar-refractivity contribution in [3.05, 3.63) is 47.5 Å². The molecular formula is C20H28N4O. The third-order valence-electron chi connectivity index (χ3n) is 5.62. The molecule has 1 aromatic carbocycles. The molecule has 0 radical (unpaired) electrons. The SMILES string of the molecule is O[C@@H](CN1CCC[C@H](c2nnc3n2CCCCC3)C1)c1ccccc1. The number of likely N-dealkylation sites (tertiary alicyclic amines) is 1. The van der Waals surface area contributed by atoms with Gasteiger partial charge < -0.3 is 9.67 Å². The first-order valence-electron chi connectivity index (χ1n) is 9.68. The Bertz CT molecular complexity index is 684. The van der Waals surface area contributed by atoms with Crippen molar-refractivity contribution in [1.29, 1.82) is 0 Å². The zero-order valence-electron chi connectivity index (χ0n) is 14.8. The van der Waals surface area contributed by atoms with Crippen LogP contribution in [-0.2, 0) is 13.0 Å². The van der Waals surface area contributed by atoms with Crippen LogP contribution in [0.5, 0.6) is 0 Å². The number of benzene rings is 1. The Morgan fingerprint density at radius 1 is 1.04 bits per heavy atom. The first-order chi connectivity index (χ1) is 12.3. The number of fused-ring (bicyclic) bond motifs is 1. The van der Waals surface area contributed by atoms with E-state index in [9.17, 15) is 5.11 Å². The lowest BCUT2D eigenvalue weighted by molar-refractivity contribution is 0.0940. The van der Waals surface area contributed by atoms with Crippen molar-refractivity contribution in [2.45, 2.75) is 57.1 Å². The van der Waals surface area contributed by atoms with Gasteiger partial charge in [-0.1, -0.05) is 36.8 Å². The van der Waals surface area contributed by atoms with Gasteiger partial charge in [0, 0.05) is 32.0 Å². The van der Waals surface area contributed by atoms with Crippen LogP contribution >= 0.6 is 0 Å². The normalized spacial score (nSPS) is 23.0. The van der Waals surface area contributed by atoms with Gasteiger partial charge in [-0.2, -0.15) is 0 Å². The van der Waals surface area contributed by atoms with Crippen molar-refractivity contribution < 1.29 is 5.11 Å². The number of aliphatic hydroxyl groups is 1. The van der Waals surface area contributed by atoms with Crippen LogP contribution in [0.3, 0.4) is 0 Å². The lowest BCUT2D eigenvalue weighted by atomic mass is 9.96. The molecule has 134 valence electrons. The van der Waals surface area contributed by atoms with Gasteiger partial charge in [-0.15, -0.1) is 10.2 Å². The average Bonchev–Trinajstić information content (AvgIpc) is 2.91. The summed E-state index contributed by atoms with van der Waals surface area (Å²) in [6, 6.07) is 9.98. The van der Waals surface area contributed by atoms with Gasteiger partial charge in [0.05, 0.1) is 6.10 Å². The predicted octanol–water partition coefficient (Wildman–Crippen LogP) is 2.92. The topological polar surface area (TPSA) is 54.2 Å². The molecule has 3 heterocycles. The zero-order valence-corrected chi connectivity index (χ0v) is 14.8. The summed E-state index contributed by atoms with van der Waals surface area (Å²) in [5.74, 6) is 2.79. The molecule has 1 aromatic heterocycles. The molecule has 0 aliphatic carbocycles. The van der Waals surface area contributed by atoms with Crippen LogP contribution in [0.15, 0.2) is 30.3 Å². The van der Waals surface area contributed by atoms with E-state index in [0.717, 1.165) is 38.0 Å². The highest BCUT2D eigenvalue weighted by atomic mass is 16.3. The molecule has 0 unspecified atom stereocenters. The second-order valence-electron chi connectivity index (χ2n) is 7.46. The Morgan fingerprint density at radius 2 is 1.92 bits per heavy atom. The fourth-order valence-corrected chi connectivity index (χ4v) is 4.27. The monoisotopic (exact) mass is 340 g/mol. The van der Waals surface area contributed by atoms with E-state index >= 15 is 0 Å². The van der Waals surface area contributed by atoms with Crippen molar-refractivity contribution in [3.63, 3.8) is 0 Å². The molecule has 1 N–H and O–H groups in total. The Hall–Kier alpha value is -1.72. The molecule has 1 fully saturated rings. The summed E-state index contributed by atoms with van der Waals surface area (Å²) in [6.07, 6.45) is 6.75. The molecule has 2 aliphatic rings. The molecule has 5 heteroatoms. The maximum Gasteiger partial charge on any atom is 0.137 e. The number of rotatable bonds is 4. The van der Waals surface area contributed by atoms with Gasteiger partial charge in [0.1, 0.15) is 11.6 Å². The number of hydrogen-bond donors (Lipinski definition) is 1. The standard InChI is InChI=1S/C20H28N4O/c25-18(16-8-3-1-4-9-16)15-23-12-7-10-17(14-23)20-22-21-19-11-5-2-6-13-24(19)20/h1,3-4,8-9,17-18,25H,2,5-7,10-15H2/t17-,18-/m0/s1. The predicted molar refractivity (Wildman–Crippen MR) is 97.4 cm³/mol. The third kappa shape index (κ3) is 3.77. The highest BCUT2D eigenvalue weighted by Crippen LogP contribution is 2.29. The van der Waals surface area contributed by atoms with Crippen LogP contribution in [0.2, 0.25) is 0 Å².